The van der Waals surface area contributed by atoms with E-state index in [1.807, 2.05) is 84.1 Å². The van der Waals surface area contributed by atoms with Crippen molar-refractivity contribution in [3.05, 3.63) is 114 Å². The predicted octanol–water partition coefficient (Wildman–Crippen LogP) is 3.44. The zero-order valence-corrected chi connectivity index (χ0v) is 27.2. The molecule has 0 atom stereocenters. The average Bonchev–Trinajstić information content (AvgIpc) is 3.48. The van der Waals surface area contributed by atoms with Crippen LogP contribution in [0.3, 0.4) is 0 Å². The first-order chi connectivity index (χ1) is 18.9. The Morgan fingerprint density at radius 3 is 1.25 bits per heavy atom. The number of nitrogens with two attached hydrogens (primary N) is 1. The Bertz CT molecular complexity index is 1210. The molecule has 0 unspecified atom stereocenters. The van der Waals surface area contributed by atoms with Crippen LogP contribution < -0.4 is 18.1 Å². The molecule has 0 aromatic carbocycles. The number of aromatic nitrogens is 6. The van der Waals surface area contributed by atoms with E-state index in [0.717, 1.165) is 42.3 Å². The van der Waals surface area contributed by atoms with Gasteiger partial charge in [0.1, 0.15) is 0 Å². The van der Waals surface area contributed by atoms with Crippen LogP contribution in [0.4, 0.5) is 0 Å². The van der Waals surface area contributed by atoms with Crippen LogP contribution in [-0.2, 0) is 24.1 Å². The molecule has 0 amide bonds. The Hall–Kier alpha value is -3.01. The summed E-state index contributed by atoms with van der Waals surface area (Å²) in [6.45, 7) is 9.96. The molecule has 0 spiro atoms. The fourth-order valence-electron chi connectivity index (χ4n) is 3.40. The van der Waals surface area contributed by atoms with Crippen molar-refractivity contribution < 1.29 is 30.0 Å². The fraction of sp³-hybridized carbons (Fsp3) is 0.233. The summed E-state index contributed by atoms with van der Waals surface area (Å²) < 4.78 is 2.02. The summed E-state index contributed by atoms with van der Waals surface area (Å²) >= 11 is 1.33. The molecule has 0 aliphatic heterocycles. The van der Waals surface area contributed by atoms with E-state index in [9.17, 15) is 0 Å². The molecule has 7 nitrogen and oxygen atoms in total. The second-order valence-electron chi connectivity index (χ2n) is 8.82. The van der Waals surface area contributed by atoms with Gasteiger partial charge in [-0.3, -0.25) is 19.9 Å². The van der Waals surface area contributed by atoms with Crippen LogP contribution in [0.2, 0.25) is 0 Å². The minimum atomic E-state index is 0. The third-order valence-electron chi connectivity index (χ3n) is 5.37. The quantitative estimate of drug-likeness (QED) is 0.296. The molecule has 2 N–H and O–H groups in total. The second kappa shape index (κ2) is 20.0. The molecule has 0 radical (unpaired) electrons. The molecule has 5 aromatic rings. The summed E-state index contributed by atoms with van der Waals surface area (Å²) in [5.41, 5.74) is 13.9. The van der Waals surface area contributed by atoms with Crippen molar-refractivity contribution in [1.82, 2.24) is 29.5 Å². The van der Waals surface area contributed by atoms with E-state index in [1.54, 1.807) is 12.5 Å². The Morgan fingerprint density at radius 2 is 1.00 bits per heavy atom. The molecule has 0 aliphatic rings. The number of imidazole rings is 1. The van der Waals surface area contributed by atoms with Crippen molar-refractivity contribution >= 4 is 9.64 Å². The van der Waals surface area contributed by atoms with E-state index < -0.39 is 0 Å². The first-order valence-corrected chi connectivity index (χ1v) is 15.6. The molecule has 10 heteroatoms. The van der Waals surface area contributed by atoms with Gasteiger partial charge in [0.2, 0.25) is 0 Å². The van der Waals surface area contributed by atoms with Crippen molar-refractivity contribution in [3.63, 3.8) is 0 Å². The third-order valence-corrected chi connectivity index (χ3v) is 5.37. The molecule has 213 valence electrons. The molecule has 0 aliphatic carbocycles. The molecule has 0 bridgehead atoms. The van der Waals surface area contributed by atoms with E-state index in [0.29, 0.717) is 0 Å². The molecule has 5 heterocycles. The van der Waals surface area contributed by atoms with E-state index >= 15 is 0 Å². The summed E-state index contributed by atoms with van der Waals surface area (Å²) in [4.78, 5) is 21.1. The molecule has 40 heavy (non-hydrogen) atoms. The Labute approximate surface area is 258 Å². The number of pyridine rings is 4. The summed E-state index contributed by atoms with van der Waals surface area (Å²) in [5.74, 6) is 0. The first kappa shape index (κ1) is 35.0. The number of nitrogens with zero attached hydrogens (tertiary/aromatic N) is 6. The van der Waals surface area contributed by atoms with Crippen molar-refractivity contribution in [2.45, 2.75) is 40.7 Å². The van der Waals surface area contributed by atoms with Crippen LogP contribution in [0, 0.1) is 27.7 Å². The molecule has 0 saturated heterocycles. The topological polar surface area (TPSA) is 95.4 Å². The fourth-order valence-corrected chi connectivity index (χ4v) is 3.40. The maximum atomic E-state index is 5.31. The van der Waals surface area contributed by atoms with Crippen LogP contribution in [0.15, 0.2) is 92.0 Å². The molecule has 0 fully saturated rings. The summed E-state index contributed by atoms with van der Waals surface area (Å²) in [7, 11) is 4.67. The van der Waals surface area contributed by atoms with E-state index in [-0.39, 0.29) is 12.4 Å². The van der Waals surface area contributed by atoms with Crippen LogP contribution in [0.1, 0.15) is 28.7 Å². The van der Waals surface area contributed by atoms with Gasteiger partial charge in [-0.1, -0.05) is 0 Å². The van der Waals surface area contributed by atoms with Crippen LogP contribution in [-0.4, -0.2) is 36.0 Å². The van der Waals surface area contributed by atoms with Gasteiger partial charge in [-0.25, -0.2) is 4.98 Å². The average molecular weight is 755 g/mol. The van der Waals surface area contributed by atoms with E-state index in [2.05, 4.69) is 62.3 Å². The monoisotopic (exact) mass is 755 g/mol. The van der Waals surface area contributed by atoms with Gasteiger partial charge in [0.05, 0.1) is 29.1 Å². The van der Waals surface area contributed by atoms with E-state index in [1.165, 1.54) is 39.9 Å². The summed E-state index contributed by atoms with van der Waals surface area (Å²) in [6, 6.07) is 16.1. The van der Waals surface area contributed by atoms with E-state index in [4.69, 9.17) is 5.73 Å². The zero-order chi connectivity index (χ0) is 28.5. The van der Waals surface area contributed by atoms with Crippen molar-refractivity contribution in [1.29, 1.82) is 0 Å². The van der Waals surface area contributed by atoms with Crippen molar-refractivity contribution in [2.75, 3.05) is 6.54 Å². The van der Waals surface area contributed by atoms with Crippen LogP contribution in [0.5, 0.6) is 0 Å². The number of rotatable bonds is 5. The standard InChI is InChI=1S/2C12H12N2.C6H11N3.2ClH.Os/c2*1-9-3-5-13-11(7-9)12-8-10(2)4-6-14-12;7-2-1-4-9-5-3-8-6-9;;;/h2*3-8H,1-2H3;3,5-6H,1-2,4,7H2;2*1H;/q;;;;;+1/p-2. The van der Waals surface area contributed by atoms with Crippen molar-refractivity contribution in [3.8, 4) is 22.8 Å². The number of hydrogen-bond donors (Lipinski definition) is 1. The SMILES string of the molecule is Cc1ccnc(-c2cc(C)ccn2)c1.Cc1ccnc(-c2cc(C)ccn2)c1.NCCCn1ccnc1.[Cl-].[Cl][Os]. The number of halogens is 2. The first-order valence-electron chi connectivity index (χ1n) is 12.4. The molecular weight excluding hydrogens is 720 g/mol. The van der Waals surface area contributed by atoms with Crippen molar-refractivity contribution in [2.24, 2.45) is 5.73 Å². The summed E-state index contributed by atoms with van der Waals surface area (Å²) in [6.07, 6.45) is 13.8. The van der Waals surface area contributed by atoms with Gasteiger partial charge in [0.15, 0.2) is 0 Å². The van der Waals surface area contributed by atoms with Gasteiger partial charge in [-0.05, 0) is 111 Å². The maximum absolute atomic E-state index is 5.31. The van der Waals surface area contributed by atoms with Crippen LogP contribution in [0.25, 0.3) is 22.8 Å². The molecule has 0 saturated carbocycles. The third kappa shape index (κ3) is 12.9. The molecule has 5 rings (SSSR count). The summed E-state index contributed by atoms with van der Waals surface area (Å²) in [5, 5.41) is 0. The van der Waals surface area contributed by atoms with Crippen LogP contribution >= 0.6 is 9.64 Å². The molecule has 5 aromatic heterocycles. The van der Waals surface area contributed by atoms with Gasteiger partial charge < -0.3 is 22.7 Å². The zero-order valence-electron chi connectivity index (χ0n) is 23.2. The predicted molar refractivity (Wildman–Crippen MR) is 156 cm³/mol. The number of aryl methyl sites for hydroxylation is 5. The van der Waals surface area contributed by atoms with Gasteiger partial charge in [-0.15, -0.1) is 0 Å². The normalized spacial score (nSPS) is 9.47. The Morgan fingerprint density at radius 1 is 0.650 bits per heavy atom. The molecular formula is C30H35Cl2N7Os-. The minimum absolute atomic E-state index is 0. The van der Waals surface area contributed by atoms with Gasteiger partial charge >= 0.3 is 27.2 Å². The Kier molecular flexibility index (Phi) is 17.5. The van der Waals surface area contributed by atoms with Gasteiger partial charge in [0.25, 0.3) is 0 Å². The number of hydrogen-bond acceptors (Lipinski definition) is 6. The second-order valence-corrected chi connectivity index (χ2v) is 8.82. The van der Waals surface area contributed by atoms with Gasteiger partial charge in [0, 0.05) is 43.7 Å². The van der Waals surface area contributed by atoms with Gasteiger partial charge in [-0.2, -0.15) is 0 Å². The Balaban J connectivity index is 0.000000294.